The van der Waals surface area contributed by atoms with E-state index in [9.17, 15) is 18.0 Å². The van der Waals surface area contributed by atoms with Crippen LogP contribution in [0.4, 0.5) is 5.13 Å². The first kappa shape index (κ1) is 19.3. The molecule has 1 atom stereocenters. The molecule has 28 heavy (non-hydrogen) atoms. The van der Waals surface area contributed by atoms with Gasteiger partial charge < -0.3 is 4.90 Å². The van der Waals surface area contributed by atoms with Gasteiger partial charge in [0.05, 0.1) is 21.4 Å². The monoisotopic (exact) mass is 422 g/mol. The third-order valence-electron chi connectivity index (χ3n) is 5.46. The van der Waals surface area contributed by atoms with Gasteiger partial charge in [-0.15, -0.1) is 0 Å². The zero-order valence-corrected chi connectivity index (χ0v) is 17.1. The van der Waals surface area contributed by atoms with Gasteiger partial charge in [0.1, 0.15) is 0 Å². The molecule has 1 aromatic carbocycles. The Morgan fingerprint density at radius 2 is 2.00 bits per heavy atom. The van der Waals surface area contributed by atoms with Gasteiger partial charge in [-0.2, -0.15) is 0 Å². The number of sulfonamides is 1. The lowest BCUT2D eigenvalue weighted by Gasteiger charge is -2.32. The summed E-state index contributed by atoms with van der Waals surface area (Å²) in [5.74, 6) is -0.624. The van der Waals surface area contributed by atoms with E-state index in [1.165, 1.54) is 11.3 Å². The Balaban J connectivity index is 1.45. The molecule has 4 rings (SSSR count). The van der Waals surface area contributed by atoms with E-state index in [0.29, 0.717) is 37.6 Å². The summed E-state index contributed by atoms with van der Waals surface area (Å²) in [5.41, 5.74) is 1.98. The summed E-state index contributed by atoms with van der Waals surface area (Å²) in [6.45, 7) is 3.02. The van der Waals surface area contributed by atoms with E-state index in [1.807, 2.05) is 25.1 Å². The molecule has 1 aromatic heterocycles. The van der Waals surface area contributed by atoms with Crippen LogP contribution in [-0.4, -0.2) is 55.0 Å². The van der Waals surface area contributed by atoms with Crippen molar-refractivity contribution in [3.05, 3.63) is 23.8 Å². The summed E-state index contributed by atoms with van der Waals surface area (Å²) >= 11 is 1.45. The van der Waals surface area contributed by atoms with E-state index >= 15 is 0 Å². The zero-order chi connectivity index (χ0) is 20.1. The number of carbonyl (C=O) groups is 2. The van der Waals surface area contributed by atoms with Crippen molar-refractivity contribution < 1.29 is 18.0 Å². The van der Waals surface area contributed by atoms with Crippen LogP contribution in [0.1, 0.15) is 24.8 Å². The van der Waals surface area contributed by atoms with Crippen LogP contribution in [-0.2, 0) is 19.6 Å². The molecule has 150 valence electrons. The number of aromatic nitrogens is 1. The lowest BCUT2D eigenvalue weighted by atomic mass is 10.0. The van der Waals surface area contributed by atoms with Crippen LogP contribution in [0.15, 0.2) is 18.2 Å². The molecule has 1 unspecified atom stereocenters. The molecule has 2 aliphatic heterocycles. The second kappa shape index (κ2) is 7.09. The van der Waals surface area contributed by atoms with Gasteiger partial charge in [-0.25, -0.2) is 18.5 Å². The van der Waals surface area contributed by atoms with Crippen LogP contribution >= 0.6 is 11.3 Å². The van der Waals surface area contributed by atoms with E-state index < -0.39 is 21.2 Å². The van der Waals surface area contributed by atoms with Crippen LogP contribution in [0.5, 0.6) is 0 Å². The number of aryl methyl sites for hydroxylation is 1. The number of nitrogens with two attached hydrogens (primary N) is 1. The Bertz CT molecular complexity index is 1040. The fourth-order valence-corrected chi connectivity index (χ4v) is 5.81. The molecule has 8 nitrogen and oxygen atoms in total. The number of hydrogen-bond acceptors (Lipinski definition) is 6. The minimum atomic E-state index is -3.57. The van der Waals surface area contributed by atoms with Crippen molar-refractivity contribution in [1.29, 1.82) is 0 Å². The molecule has 2 aromatic rings. The average Bonchev–Trinajstić information content (AvgIpc) is 3.23. The highest BCUT2D eigenvalue weighted by Crippen LogP contribution is 2.34. The summed E-state index contributed by atoms with van der Waals surface area (Å²) in [7, 11) is -3.57. The standard InChI is InChI=1S/C18H22N4O4S2/c1-11-2-3-14-15(8-11)27-18(20-14)22-10-12(9-16(22)23)17(24)21-6-4-13(5-7-21)28(19,25)26/h2-3,8,12-13H,4-7,9-10H2,1H3,(H2,19,25,26). The van der Waals surface area contributed by atoms with E-state index in [-0.39, 0.29) is 18.2 Å². The number of carbonyl (C=O) groups excluding carboxylic acids is 2. The fraction of sp³-hybridized carbons (Fsp3) is 0.500. The quantitative estimate of drug-likeness (QED) is 0.799. The number of nitrogens with zero attached hydrogens (tertiary/aromatic N) is 3. The summed E-state index contributed by atoms with van der Waals surface area (Å²) in [6, 6.07) is 5.95. The van der Waals surface area contributed by atoms with Gasteiger partial charge in [0.2, 0.25) is 21.8 Å². The second-order valence-corrected chi connectivity index (χ2v) is 10.3. The smallest absolute Gasteiger partial charge is 0.229 e. The molecule has 3 heterocycles. The van der Waals surface area contributed by atoms with Crippen LogP contribution in [0, 0.1) is 12.8 Å². The Morgan fingerprint density at radius 1 is 1.29 bits per heavy atom. The van der Waals surface area contributed by atoms with Crippen LogP contribution in [0.3, 0.4) is 0 Å². The van der Waals surface area contributed by atoms with Crippen LogP contribution < -0.4 is 10.0 Å². The largest absolute Gasteiger partial charge is 0.342 e. The number of rotatable bonds is 3. The predicted molar refractivity (Wildman–Crippen MR) is 108 cm³/mol. The molecule has 2 fully saturated rings. The highest BCUT2D eigenvalue weighted by molar-refractivity contribution is 7.89. The van der Waals surface area contributed by atoms with Gasteiger partial charge in [-0.3, -0.25) is 14.5 Å². The molecule has 2 aliphatic rings. The molecule has 0 bridgehead atoms. The van der Waals surface area contributed by atoms with E-state index in [2.05, 4.69) is 4.98 Å². The van der Waals surface area contributed by atoms with Crippen LogP contribution in [0.2, 0.25) is 0 Å². The minimum Gasteiger partial charge on any atom is -0.342 e. The Hall–Kier alpha value is -2.04. The van der Waals surface area contributed by atoms with Crippen LogP contribution in [0.25, 0.3) is 10.2 Å². The molecule has 0 saturated carbocycles. The van der Waals surface area contributed by atoms with Gasteiger partial charge in [0, 0.05) is 26.1 Å². The highest BCUT2D eigenvalue weighted by Gasteiger charge is 2.40. The Morgan fingerprint density at radius 3 is 2.68 bits per heavy atom. The van der Waals surface area contributed by atoms with E-state index in [4.69, 9.17) is 5.14 Å². The average molecular weight is 423 g/mol. The van der Waals surface area contributed by atoms with Crippen molar-refractivity contribution in [1.82, 2.24) is 9.88 Å². The number of amides is 2. The molecular formula is C18H22N4O4S2. The summed E-state index contributed by atoms with van der Waals surface area (Å²) in [5, 5.41) is 5.23. The summed E-state index contributed by atoms with van der Waals surface area (Å²) in [4.78, 5) is 33.2. The van der Waals surface area contributed by atoms with E-state index in [1.54, 1.807) is 9.80 Å². The van der Waals surface area contributed by atoms with E-state index in [0.717, 1.165) is 15.8 Å². The minimum absolute atomic E-state index is 0.0966. The van der Waals surface area contributed by atoms with Gasteiger partial charge in [0.15, 0.2) is 5.13 Å². The van der Waals surface area contributed by atoms with Gasteiger partial charge in [-0.1, -0.05) is 17.4 Å². The number of benzene rings is 1. The number of thiazole rings is 1. The zero-order valence-electron chi connectivity index (χ0n) is 15.5. The number of primary sulfonamides is 1. The maximum absolute atomic E-state index is 12.8. The maximum atomic E-state index is 12.8. The molecule has 0 aliphatic carbocycles. The van der Waals surface area contributed by atoms with Gasteiger partial charge >= 0.3 is 0 Å². The van der Waals surface area contributed by atoms with Crippen molar-refractivity contribution in [2.75, 3.05) is 24.5 Å². The normalized spacial score (nSPS) is 21.6. The Labute approximate surface area is 167 Å². The van der Waals surface area contributed by atoms with Gasteiger partial charge in [0.25, 0.3) is 0 Å². The predicted octanol–water partition coefficient (Wildman–Crippen LogP) is 1.24. The van der Waals surface area contributed by atoms with Crippen molar-refractivity contribution >= 4 is 48.5 Å². The number of hydrogen-bond donors (Lipinski definition) is 1. The third-order valence-corrected chi connectivity index (χ3v) is 7.90. The molecule has 2 amide bonds. The van der Waals surface area contributed by atoms with Crippen molar-refractivity contribution in [3.8, 4) is 0 Å². The lowest BCUT2D eigenvalue weighted by molar-refractivity contribution is -0.136. The first-order chi connectivity index (χ1) is 13.2. The SMILES string of the molecule is Cc1ccc2nc(N3CC(C(=O)N4CCC(S(N)(=O)=O)CC4)CC3=O)sc2c1. The molecule has 2 N–H and O–H groups in total. The number of anilines is 1. The fourth-order valence-electron chi connectivity index (χ4n) is 3.86. The molecule has 0 radical (unpaired) electrons. The molecule has 10 heteroatoms. The third kappa shape index (κ3) is 3.63. The van der Waals surface area contributed by atoms with Crippen molar-refractivity contribution in [3.63, 3.8) is 0 Å². The topological polar surface area (TPSA) is 114 Å². The number of likely N-dealkylation sites (tertiary alicyclic amines) is 1. The van der Waals surface area contributed by atoms with Crippen molar-refractivity contribution in [2.45, 2.75) is 31.4 Å². The maximum Gasteiger partial charge on any atom is 0.229 e. The first-order valence-electron chi connectivity index (χ1n) is 9.20. The second-order valence-electron chi connectivity index (χ2n) is 7.49. The lowest BCUT2D eigenvalue weighted by Crippen LogP contribution is -2.46. The summed E-state index contributed by atoms with van der Waals surface area (Å²) < 4.78 is 24.0. The number of piperidine rings is 1. The Kier molecular flexibility index (Phi) is 4.88. The van der Waals surface area contributed by atoms with Crippen molar-refractivity contribution in [2.24, 2.45) is 11.1 Å². The first-order valence-corrected chi connectivity index (χ1v) is 11.6. The molecular weight excluding hydrogens is 400 g/mol. The highest BCUT2D eigenvalue weighted by atomic mass is 32.2. The summed E-state index contributed by atoms with van der Waals surface area (Å²) in [6.07, 6.45) is 0.835. The van der Waals surface area contributed by atoms with Gasteiger partial charge in [-0.05, 0) is 37.5 Å². The molecule has 2 saturated heterocycles. The molecule has 0 spiro atoms. The number of fused-ring (bicyclic) bond motifs is 1.